The molecule has 15 heavy (non-hydrogen) atoms. The molecule has 0 saturated carbocycles. The summed E-state index contributed by atoms with van der Waals surface area (Å²) in [4.78, 5) is 4.91. The van der Waals surface area contributed by atoms with Gasteiger partial charge in [0, 0.05) is 0 Å². The number of hydrogen-bond acceptors (Lipinski definition) is 2. The summed E-state index contributed by atoms with van der Waals surface area (Å²) in [6.45, 7) is 6.15. The van der Waals surface area contributed by atoms with E-state index in [0.717, 1.165) is 6.54 Å². The predicted molar refractivity (Wildman–Crippen MR) is 59.2 cm³/mol. The van der Waals surface area contributed by atoms with E-state index < -0.39 is 0 Å². The fourth-order valence-electron chi connectivity index (χ4n) is 1.89. The third kappa shape index (κ3) is 3.43. The minimum atomic E-state index is 0.313. The number of benzene rings is 1. The Kier molecular flexibility index (Phi) is 4.41. The molecule has 0 spiro atoms. The first-order valence-corrected chi connectivity index (χ1v) is 8.51. The van der Waals surface area contributed by atoms with Crippen molar-refractivity contribution in [2.75, 3.05) is 31.1 Å². The van der Waals surface area contributed by atoms with Crippen LogP contribution in [-0.4, -0.2) is 39.1 Å². The first-order valence-electron chi connectivity index (χ1n) is 5.39. The number of halogens is 1. The van der Waals surface area contributed by atoms with Gasteiger partial charge in [-0.3, -0.25) is 0 Å². The van der Waals surface area contributed by atoms with Gasteiger partial charge < -0.3 is 0 Å². The van der Waals surface area contributed by atoms with Crippen LogP contribution in [0.4, 0.5) is 0 Å². The molecule has 0 amide bonds. The Morgan fingerprint density at radius 3 is 2.33 bits per heavy atom. The van der Waals surface area contributed by atoms with Crippen LogP contribution in [0.5, 0.6) is 0 Å². The topological polar surface area (TPSA) is 6.48 Å². The summed E-state index contributed by atoms with van der Waals surface area (Å²) in [6.07, 6.45) is 0. The average Bonchev–Trinajstić information content (AvgIpc) is 2.31. The summed E-state index contributed by atoms with van der Waals surface area (Å²) in [5.41, 5.74) is 1.44. The Bertz CT molecular complexity index is 281. The SMILES string of the molecule is C[I-]N1CCN(Cc2ccccc2)CC1. The maximum absolute atomic E-state index is 2.63. The Morgan fingerprint density at radius 1 is 1.07 bits per heavy atom. The second-order valence-electron chi connectivity index (χ2n) is 3.84. The van der Waals surface area contributed by atoms with Crippen molar-refractivity contribution in [1.29, 1.82) is 0 Å². The van der Waals surface area contributed by atoms with E-state index in [2.05, 4.69) is 43.3 Å². The molecule has 1 heterocycles. The molecule has 0 unspecified atom stereocenters. The van der Waals surface area contributed by atoms with Crippen molar-refractivity contribution in [2.24, 2.45) is 0 Å². The number of piperazine rings is 1. The van der Waals surface area contributed by atoms with E-state index in [1.807, 2.05) is 0 Å². The van der Waals surface area contributed by atoms with Crippen LogP contribution < -0.4 is 21.5 Å². The van der Waals surface area contributed by atoms with Crippen LogP contribution in [0.1, 0.15) is 5.56 Å². The molecule has 1 aliphatic rings. The summed E-state index contributed by atoms with van der Waals surface area (Å²) in [5, 5.41) is 0. The van der Waals surface area contributed by atoms with Gasteiger partial charge in [0.1, 0.15) is 0 Å². The van der Waals surface area contributed by atoms with Crippen LogP contribution >= 0.6 is 0 Å². The van der Waals surface area contributed by atoms with E-state index in [4.69, 9.17) is 0 Å². The molecule has 1 fully saturated rings. The zero-order valence-electron chi connectivity index (χ0n) is 9.19. The minimum absolute atomic E-state index is 0.313. The van der Waals surface area contributed by atoms with Crippen LogP contribution in [0, 0.1) is 0 Å². The number of nitrogens with zero attached hydrogens (tertiary/aromatic N) is 2. The molecule has 1 aromatic carbocycles. The number of rotatable bonds is 3. The van der Waals surface area contributed by atoms with Crippen molar-refractivity contribution in [3.8, 4) is 0 Å². The molecular formula is C12H18IN2-. The monoisotopic (exact) mass is 317 g/mol. The van der Waals surface area contributed by atoms with Crippen molar-refractivity contribution in [1.82, 2.24) is 8.01 Å². The number of alkyl halides is 1. The fraction of sp³-hybridized carbons (Fsp3) is 0.500. The molecule has 0 aromatic heterocycles. The number of hydrogen-bond donors (Lipinski definition) is 0. The molecule has 3 heteroatoms. The quantitative estimate of drug-likeness (QED) is 0.378. The average molecular weight is 317 g/mol. The Morgan fingerprint density at radius 2 is 1.73 bits per heavy atom. The summed E-state index contributed by atoms with van der Waals surface area (Å²) in [7, 11) is 0. The van der Waals surface area contributed by atoms with Gasteiger partial charge in [0.2, 0.25) is 0 Å². The molecule has 0 atom stereocenters. The van der Waals surface area contributed by atoms with Gasteiger partial charge in [-0.2, -0.15) is 0 Å². The Labute approximate surface area is 103 Å². The van der Waals surface area contributed by atoms with E-state index in [0.29, 0.717) is 21.5 Å². The van der Waals surface area contributed by atoms with E-state index in [1.54, 1.807) is 0 Å². The standard InChI is InChI=1S/C12H18IN2/c1-13-15-9-7-14(8-10-15)11-12-5-3-2-4-6-12/h2-6H,7-11H2,1H3/q-1. The predicted octanol–water partition coefficient (Wildman–Crippen LogP) is -1.56. The zero-order chi connectivity index (χ0) is 10.5. The molecule has 0 aliphatic carbocycles. The van der Waals surface area contributed by atoms with Crippen LogP contribution in [0.3, 0.4) is 0 Å². The van der Waals surface area contributed by atoms with E-state index in [9.17, 15) is 0 Å². The summed E-state index contributed by atoms with van der Waals surface area (Å²) in [6, 6.07) is 10.8. The zero-order valence-corrected chi connectivity index (χ0v) is 11.4. The third-order valence-corrected chi connectivity index (χ3v) is 5.14. The Balaban J connectivity index is 1.82. The van der Waals surface area contributed by atoms with Crippen molar-refractivity contribution in [3.63, 3.8) is 0 Å². The molecule has 0 N–H and O–H groups in total. The van der Waals surface area contributed by atoms with Gasteiger partial charge in [0.05, 0.1) is 0 Å². The summed E-state index contributed by atoms with van der Waals surface area (Å²) in [5.74, 6) is 0. The summed E-state index contributed by atoms with van der Waals surface area (Å²) < 4.78 is 2.63. The molecule has 2 nitrogen and oxygen atoms in total. The summed E-state index contributed by atoms with van der Waals surface area (Å²) >= 11 is 0.313. The maximum atomic E-state index is 2.63. The van der Waals surface area contributed by atoms with Crippen LogP contribution in [0.15, 0.2) is 30.3 Å². The molecule has 0 radical (unpaired) electrons. The van der Waals surface area contributed by atoms with Gasteiger partial charge in [-0.15, -0.1) is 0 Å². The van der Waals surface area contributed by atoms with Gasteiger partial charge in [0.15, 0.2) is 0 Å². The van der Waals surface area contributed by atoms with Crippen molar-refractivity contribution >= 4 is 0 Å². The second-order valence-corrected chi connectivity index (χ2v) is 6.17. The molecular weight excluding hydrogens is 299 g/mol. The van der Waals surface area contributed by atoms with E-state index in [-0.39, 0.29) is 0 Å². The molecule has 2 rings (SSSR count). The van der Waals surface area contributed by atoms with Gasteiger partial charge in [0.25, 0.3) is 0 Å². The molecule has 1 aromatic rings. The van der Waals surface area contributed by atoms with Gasteiger partial charge >= 0.3 is 103 Å². The Hall–Kier alpha value is -0.130. The molecule has 84 valence electrons. The van der Waals surface area contributed by atoms with Crippen LogP contribution in [0.2, 0.25) is 0 Å². The van der Waals surface area contributed by atoms with Crippen molar-refractivity contribution in [3.05, 3.63) is 35.9 Å². The normalized spacial score (nSPS) is 19.5. The van der Waals surface area contributed by atoms with Gasteiger partial charge in [-0.05, 0) is 0 Å². The molecule has 1 saturated heterocycles. The first-order chi connectivity index (χ1) is 7.38. The first kappa shape index (κ1) is 11.4. The van der Waals surface area contributed by atoms with Crippen LogP contribution in [0.25, 0.3) is 0 Å². The molecule has 0 bridgehead atoms. The van der Waals surface area contributed by atoms with Crippen LogP contribution in [-0.2, 0) is 6.54 Å². The van der Waals surface area contributed by atoms with E-state index in [1.165, 1.54) is 31.7 Å². The van der Waals surface area contributed by atoms with Crippen molar-refractivity contribution < 1.29 is 21.5 Å². The van der Waals surface area contributed by atoms with E-state index >= 15 is 0 Å². The second kappa shape index (κ2) is 5.82. The fourth-order valence-corrected chi connectivity index (χ4v) is 3.29. The third-order valence-electron chi connectivity index (χ3n) is 2.81. The molecule has 1 aliphatic heterocycles. The van der Waals surface area contributed by atoms with Gasteiger partial charge in [-0.1, -0.05) is 0 Å². The van der Waals surface area contributed by atoms with Gasteiger partial charge in [-0.25, -0.2) is 0 Å². The van der Waals surface area contributed by atoms with Crippen molar-refractivity contribution in [2.45, 2.75) is 6.54 Å².